The van der Waals surface area contributed by atoms with Gasteiger partial charge in [-0.2, -0.15) is 13.7 Å². The van der Waals surface area contributed by atoms with E-state index in [2.05, 4.69) is 147 Å². The molecule has 6 aliphatic rings. The third-order valence-corrected chi connectivity index (χ3v) is 31.8. The largest absolute Gasteiger partial charge is 1.00 e. The van der Waals surface area contributed by atoms with Crippen LogP contribution in [0.4, 0.5) is 9.18 Å². The molecule has 6 aliphatic carbocycles. The van der Waals surface area contributed by atoms with Crippen molar-refractivity contribution >= 4 is 136 Å². The number of carbonyl (C=O) groups is 2. The SMILES string of the molecule is CC#N.CC1(C)CCC[C@@]2(C)C1CC[C@@](C)(O)C2CO.CC1(C)CCC[C@@]2(C)C1CC[C@@](C)(O)C2COS(C)(=O)=O.CN(C)C(=S)Cl.CO.COc1cc(C)cc(O)c1.COc1cc(C)cc(OC(=S)N(C)C)c1.COc1cc(C)cc(S)c1.COc1cc(C)cc(S)c1.COc1cc(C)cc(SC(=O)N(C)C)c1.COc1cc(C)cc(SCC2[C@@]3(C)CCCC(C)(C)C3CC[C@@]2(C)O)c1.CS(=O)(=O)Cl.O=CO[O-].[2H]CF.[Cs+].[Cs+].[H-].[K+].[OH-]. The minimum atomic E-state index is -3.48. The minimum Gasteiger partial charge on any atom is -1.00 e. The van der Waals surface area contributed by atoms with Crippen molar-refractivity contribution in [2.45, 2.75) is 264 Å². The van der Waals surface area contributed by atoms with Crippen molar-refractivity contribution in [2.75, 3.05) is 131 Å². The van der Waals surface area contributed by atoms with E-state index in [9.17, 15) is 46.4 Å². The quantitative estimate of drug-likeness (QED) is 0.00426. The third-order valence-electron chi connectivity index (χ3n) is 27.5. The summed E-state index contributed by atoms with van der Waals surface area (Å²) in [7, 11) is 18.5. The summed E-state index contributed by atoms with van der Waals surface area (Å²) in [5, 5.41) is 74.7. The summed E-state index contributed by atoms with van der Waals surface area (Å²) >= 11 is 26.3. The number of thiol groups is 2. The normalized spacial score (nSPS) is 22.9. The van der Waals surface area contributed by atoms with Crippen LogP contribution in [0.3, 0.4) is 0 Å². The van der Waals surface area contributed by atoms with Crippen molar-refractivity contribution in [1.29, 1.82) is 5.26 Å². The number of rotatable bonds is 16. The molecule has 6 fully saturated rings. The zero-order valence-corrected chi connectivity index (χ0v) is 120. The van der Waals surface area contributed by atoms with Crippen molar-refractivity contribution in [1.82, 2.24) is 14.7 Å². The average molecular weight is 2560 g/mol. The Bertz CT molecular complexity index is 4990. The Labute approximate surface area is 1100 Å². The van der Waals surface area contributed by atoms with Crippen molar-refractivity contribution in [3.05, 3.63) is 143 Å². The molecule has 0 aliphatic heterocycles. The summed E-state index contributed by atoms with van der Waals surface area (Å²) in [5.41, 5.74) is 5.88. The van der Waals surface area contributed by atoms with Crippen molar-refractivity contribution < 1.29 is 306 Å². The van der Waals surface area contributed by atoms with Crippen LogP contribution in [0.5, 0.6) is 46.0 Å². The fraction of sp³-hybridized carbons (Fsp3) is 0.624. The van der Waals surface area contributed by atoms with Crippen LogP contribution in [0.2, 0.25) is 0 Å². The van der Waals surface area contributed by atoms with Gasteiger partial charge in [-0.3, -0.25) is 18.2 Å². The van der Waals surface area contributed by atoms with Gasteiger partial charge in [-0.15, -0.1) is 37.0 Å². The summed E-state index contributed by atoms with van der Waals surface area (Å²) in [6.07, 6.45) is 18.7. The Morgan fingerprint density at radius 1 is 0.533 bits per heavy atom. The summed E-state index contributed by atoms with van der Waals surface area (Å²) < 4.78 is 98.7. The number of aliphatic hydroxyl groups is 5. The van der Waals surface area contributed by atoms with E-state index in [0.717, 1.165) is 137 Å². The second kappa shape index (κ2) is 77.0. The number of ether oxygens (including phenoxy) is 7. The smallest absolute Gasteiger partial charge is 1.00 e. The minimum absolute atomic E-state index is 0. The predicted octanol–water partition coefficient (Wildman–Crippen LogP) is 14.7. The summed E-state index contributed by atoms with van der Waals surface area (Å²) in [5.74, 6) is 8.89. The maximum atomic E-state index is 11.5. The Hall–Kier alpha value is -0.840. The number of phenolic OH excluding ortho intramolecular Hbond substituents is 1. The van der Waals surface area contributed by atoms with E-state index in [0.29, 0.717) is 62.0 Å². The number of benzene rings is 6. The number of phenols is 1. The van der Waals surface area contributed by atoms with E-state index >= 15 is 0 Å². The van der Waals surface area contributed by atoms with Gasteiger partial charge in [0.15, 0.2) is 4.45 Å². The second-order valence-corrected chi connectivity index (χ2v) is 50.6. The molecule has 1 amide bonds. The zero-order chi connectivity index (χ0) is 114. The number of aromatic hydroxyl groups is 1. The molecule has 27 nitrogen and oxygen atoms in total. The number of halogens is 3. The van der Waals surface area contributed by atoms with Crippen LogP contribution in [-0.2, 0) is 33.0 Å². The molecular formula is C109H176Cl2Cs2FKN4O23S8. The van der Waals surface area contributed by atoms with Crippen LogP contribution in [0, 0.1) is 121 Å². The fourth-order valence-electron chi connectivity index (χ4n) is 21.0. The first-order chi connectivity index (χ1) is 67.8. The van der Waals surface area contributed by atoms with Crippen molar-refractivity contribution in [3.8, 4) is 52.1 Å². The first-order valence-corrected chi connectivity index (χ1v) is 56.4. The number of aryl methyl sites for hydroxylation is 6. The van der Waals surface area contributed by atoms with Gasteiger partial charge in [0, 0.05) is 129 Å². The van der Waals surface area contributed by atoms with Crippen LogP contribution in [-0.4, -0.2) is 236 Å². The molecule has 12 rings (SSSR count). The maximum Gasteiger partial charge on any atom is 1.00 e. The number of aliphatic hydroxyl groups excluding tert-OH is 2. The molecular weight excluding hydrogens is 2380 g/mol. The molecule has 12 atom stereocenters. The van der Waals surface area contributed by atoms with Crippen LogP contribution in [0.15, 0.2) is 129 Å². The van der Waals surface area contributed by atoms with Crippen LogP contribution in [0.25, 0.3) is 0 Å². The number of thiocarbonyl (C=S) groups is 2. The molecule has 0 spiro atoms. The van der Waals surface area contributed by atoms with E-state index in [-0.39, 0.29) is 260 Å². The molecule has 7 N–H and O–H groups in total. The van der Waals surface area contributed by atoms with E-state index in [4.69, 9.17) is 88.1 Å². The van der Waals surface area contributed by atoms with E-state index in [1.54, 1.807) is 104 Å². The molecule has 842 valence electrons. The number of nitrogens with zero attached hydrogens (tertiary/aromatic N) is 4. The molecule has 6 aromatic carbocycles. The molecule has 0 radical (unpaired) electrons. The van der Waals surface area contributed by atoms with Crippen LogP contribution >= 0.6 is 95.5 Å². The van der Waals surface area contributed by atoms with E-state index < -0.39 is 43.1 Å². The molecule has 41 heteroatoms. The molecule has 0 heterocycles. The first kappa shape index (κ1) is 158. The third kappa shape index (κ3) is 58.8. The topological polar surface area (TPSA) is 393 Å². The Morgan fingerprint density at radius 2 is 0.813 bits per heavy atom. The molecule has 0 bridgehead atoms. The number of hydrogen-bond acceptors (Lipinski definition) is 30. The van der Waals surface area contributed by atoms with Gasteiger partial charge in [-0.25, -0.2) is 8.42 Å². The van der Waals surface area contributed by atoms with Crippen LogP contribution < -0.4 is 228 Å². The number of alkyl halides is 1. The monoisotopic (exact) mass is 2560 g/mol. The molecule has 6 aromatic rings. The number of methoxy groups -OCH3 is 6. The van der Waals surface area contributed by atoms with Gasteiger partial charge in [0.1, 0.15) is 46.0 Å². The van der Waals surface area contributed by atoms with Crippen LogP contribution in [0.1, 0.15) is 222 Å². The van der Waals surface area contributed by atoms with Crippen molar-refractivity contribution in [2.24, 2.45) is 68.0 Å². The maximum absolute atomic E-state index is 11.5. The number of nitriles is 1. The number of hydrogen-bond donors (Lipinski definition) is 8. The summed E-state index contributed by atoms with van der Waals surface area (Å²) in [6, 6.07) is 36.4. The summed E-state index contributed by atoms with van der Waals surface area (Å²) in [4.78, 5) is 31.7. The molecule has 150 heavy (non-hydrogen) atoms. The second-order valence-electron chi connectivity index (χ2n) is 41.5. The van der Waals surface area contributed by atoms with Gasteiger partial charge in [0.25, 0.3) is 27.0 Å². The Kier molecular flexibility index (Phi) is 80.9. The molecule has 0 saturated heterocycles. The van der Waals surface area contributed by atoms with Gasteiger partial charge >= 0.3 is 189 Å². The molecule has 6 unspecified atom stereocenters. The standard InChI is InChI=1S/C23H36O2S.C16H30O4S.C15H28O2.2C11H15NO2S.C8H10O2.2C8H10OS.C3H6ClNS.C2H3N.CH3ClO2S.CH3F.CH2O3.CH4O.2Cs.K.H2O.H/c1-16-12-17(25-6)14-18(13-16)26-15-20-22(4)10-7-9-21(2,3)19(22)8-11-23(20,5)24;1-14(2)8-6-9-15(3)12(14)7-10-16(4,17)13(15)11-20-21(5,18)19;1-13(2)7-5-8-14(3)11(13)6-9-15(4,17)12(14)10-16;1-8-5-9(14-4)7-10(6-8)15-11(13)12(2)3;1-8-5-9(13-4)7-10(6-8)14-11(15)12(2)3;1-6-3-7(9)5-8(4-6)10-2;2*1-6-3-7(9-2)5-8(10)4-6;1-5(2)3(4)6;1-2-3;1-5(2,3)4;1-2;2-1-4-3;1-2;;;;;/h12-14,19-20,24H,7-11,15H2,1-6H3;12-13,17H,6-11H2,1-5H3;11-12,16-17H,5-10H2,1-4H3;2*5-7H,1-4H3;3-5,9H,1-2H3;2*3-5,10H,1-2H3;1-2H3;1H3;1H3;1H3;1,3H;2H,1H3;;;;1H2;/q;;;;;;;;;;;;;;3*+1;;-1/p-2/t19?,20?,22-,23+;12?,13?,15-,16+;11?,12?,14-,15+;;;;;;;;;;;;;;;;/m000................/s1/i;;;;;;;;;;;1D;;;;;;;. The number of carbonyl (C=O) groups excluding carboxylic acids is 2. The summed E-state index contributed by atoms with van der Waals surface area (Å²) in [6.45, 7) is 40.5. The first-order valence-electron chi connectivity index (χ1n) is 48.7. The van der Waals surface area contributed by atoms with Gasteiger partial charge in [-0.05, 0) is 356 Å². The molecule has 6 saturated carbocycles. The average Bonchev–Trinajstić information content (AvgIpc) is 0.739. The van der Waals surface area contributed by atoms with Gasteiger partial charge in [0.2, 0.25) is 9.05 Å². The van der Waals surface area contributed by atoms with Gasteiger partial charge in [-0.1, -0.05) is 93.2 Å². The fourth-order valence-corrected chi connectivity index (χ4v) is 24.5. The Morgan fingerprint density at radius 3 is 1.12 bits per heavy atom. The van der Waals surface area contributed by atoms with Crippen molar-refractivity contribution in [3.63, 3.8) is 0 Å². The van der Waals surface area contributed by atoms with Gasteiger partial charge < -0.3 is 95.5 Å². The zero-order valence-electron chi connectivity index (χ0n) is 98.3. The van der Waals surface area contributed by atoms with E-state index in [1.165, 1.54) is 78.8 Å². The number of amides is 1. The predicted molar refractivity (Wildman–Crippen MR) is 610 cm³/mol. The Balaban J connectivity index is -0.000000310. The molecule has 0 aromatic heterocycles. The number of thioether (sulfide) groups is 2. The van der Waals surface area contributed by atoms with E-state index in [1.807, 2.05) is 153 Å². The number of fused-ring (bicyclic) bond motifs is 3. The van der Waals surface area contributed by atoms with Gasteiger partial charge in [0.05, 0.1) is 93.2 Å².